The van der Waals surface area contributed by atoms with Crippen LogP contribution in [0.15, 0.2) is 12.4 Å². The SMILES string of the molecule is CCCCCC(CCC)OC(=O)c1ncc[nH]1. The van der Waals surface area contributed by atoms with Crippen molar-refractivity contribution in [3.8, 4) is 0 Å². The predicted molar refractivity (Wildman–Crippen MR) is 66.8 cm³/mol. The van der Waals surface area contributed by atoms with Crippen LogP contribution in [0.1, 0.15) is 63.0 Å². The zero-order valence-electron chi connectivity index (χ0n) is 10.7. The third kappa shape index (κ3) is 5.02. The van der Waals surface area contributed by atoms with Gasteiger partial charge in [-0.2, -0.15) is 0 Å². The van der Waals surface area contributed by atoms with Gasteiger partial charge in [0.25, 0.3) is 0 Å². The molecule has 4 nitrogen and oxygen atoms in total. The molecule has 0 bridgehead atoms. The molecule has 1 aromatic rings. The fourth-order valence-corrected chi connectivity index (χ4v) is 1.79. The number of hydrogen-bond acceptors (Lipinski definition) is 3. The molecule has 1 aromatic heterocycles. The van der Waals surface area contributed by atoms with E-state index >= 15 is 0 Å². The molecule has 0 saturated carbocycles. The Morgan fingerprint density at radius 2 is 2.18 bits per heavy atom. The van der Waals surface area contributed by atoms with Gasteiger partial charge in [0.15, 0.2) is 0 Å². The Balaban J connectivity index is 2.39. The van der Waals surface area contributed by atoms with Crippen molar-refractivity contribution in [3.05, 3.63) is 18.2 Å². The Labute approximate surface area is 103 Å². The van der Waals surface area contributed by atoms with Gasteiger partial charge in [-0.25, -0.2) is 9.78 Å². The van der Waals surface area contributed by atoms with Gasteiger partial charge in [-0.15, -0.1) is 0 Å². The van der Waals surface area contributed by atoms with Crippen LogP contribution in [0.25, 0.3) is 0 Å². The van der Waals surface area contributed by atoms with Crippen molar-refractivity contribution < 1.29 is 9.53 Å². The molecule has 0 fully saturated rings. The highest BCUT2D eigenvalue weighted by Crippen LogP contribution is 2.13. The molecule has 1 N–H and O–H groups in total. The van der Waals surface area contributed by atoms with E-state index in [1.165, 1.54) is 12.8 Å². The molecule has 4 heteroatoms. The molecule has 1 heterocycles. The van der Waals surface area contributed by atoms with E-state index in [4.69, 9.17) is 4.74 Å². The standard InChI is InChI=1S/C13H22N2O2/c1-3-5-6-8-11(7-4-2)17-13(16)12-14-9-10-15-12/h9-11H,3-8H2,1-2H3,(H,14,15). The third-order valence-corrected chi connectivity index (χ3v) is 2.71. The van der Waals surface area contributed by atoms with Gasteiger partial charge >= 0.3 is 5.97 Å². The lowest BCUT2D eigenvalue weighted by atomic mass is 10.1. The second-order valence-corrected chi connectivity index (χ2v) is 4.25. The molecule has 17 heavy (non-hydrogen) atoms. The van der Waals surface area contributed by atoms with Crippen LogP contribution in [0.4, 0.5) is 0 Å². The smallest absolute Gasteiger partial charge is 0.374 e. The molecule has 0 radical (unpaired) electrons. The normalized spacial score (nSPS) is 12.4. The van der Waals surface area contributed by atoms with Crippen molar-refractivity contribution >= 4 is 5.97 Å². The second kappa shape index (κ2) is 7.87. The largest absolute Gasteiger partial charge is 0.457 e. The van der Waals surface area contributed by atoms with E-state index in [0.29, 0.717) is 5.82 Å². The molecule has 0 saturated heterocycles. The Kier molecular flexibility index (Phi) is 6.37. The molecule has 0 aromatic carbocycles. The van der Waals surface area contributed by atoms with Crippen LogP contribution in [-0.4, -0.2) is 22.0 Å². The van der Waals surface area contributed by atoms with Crippen LogP contribution in [-0.2, 0) is 4.74 Å². The summed E-state index contributed by atoms with van der Waals surface area (Å²) >= 11 is 0. The van der Waals surface area contributed by atoms with Gasteiger partial charge in [0.05, 0.1) is 0 Å². The lowest BCUT2D eigenvalue weighted by molar-refractivity contribution is 0.0241. The first-order chi connectivity index (χ1) is 8.27. The lowest BCUT2D eigenvalue weighted by Crippen LogP contribution is -2.19. The summed E-state index contributed by atoms with van der Waals surface area (Å²) in [7, 11) is 0. The topological polar surface area (TPSA) is 55.0 Å². The van der Waals surface area contributed by atoms with E-state index in [1.54, 1.807) is 12.4 Å². The molecule has 1 atom stereocenters. The summed E-state index contributed by atoms with van der Waals surface area (Å²) in [4.78, 5) is 18.4. The number of H-pyrrole nitrogens is 1. The molecular formula is C13H22N2O2. The fraction of sp³-hybridized carbons (Fsp3) is 0.692. The van der Waals surface area contributed by atoms with Crippen LogP contribution in [0.3, 0.4) is 0 Å². The maximum atomic E-state index is 11.7. The summed E-state index contributed by atoms with van der Waals surface area (Å²) < 4.78 is 5.45. The van der Waals surface area contributed by atoms with Gasteiger partial charge in [-0.1, -0.05) is 33.1 Å². The van der Waals surface area contributed by atoms with Crippen LogP contribution in [0.5, 0.6) is 0 Å². The van der Waals surface area contributed by atoms with Crippen molar-refractivity contribution in [2.45, 2.75) is 58.5 Å². The number of nitrogens with one attached hydrogen (secondary N) is 1. The average Bonchev–Trinajstić information content (AvgIpc) is 2.83. The van der Waals surface area contributed by atoms with Crippen molar-refractivity contribution in [2.75, 3.05) is 0 Å². The number of unbranched alkanes of at least 4 members (excludes halogenated alkanes) is 2. The lowest BCUT2D eigenvalue weighted by Gasteiger charge is -2.16. The van der Waals surface area contributed by atoms with Gasteiger partial charge in [0.1, 0.15) is 6.10 Å². The summed E-state index contributed by atoms with van der Waals surface area (Å²) in [5, 5.41) is 0. The summed E-state index contributed by atoms with van der Waals surface area (Å²) in [5.74, 6) is -0.0495. The highest BCUT2D eigenvalue weighted by atomic mass is 16.5. The van der Waals surface area contributed by atoms with E-state index < -0.39 is 0 Å². The van der Waals surface area contributed by atoms with Crippen LogP contribution in [0.2, 0.25) is 0 Å². The van der Waals surface area contributed by atoms with E-state index in [9.17, 15) is 4.79 Å². The minimum atomic E-state index is -0.343. The number of aromatic nitrogens is 2. The number of nitrogens with zero attached hydrogens (tertiary/aromatic N) is 1. The zero-order chi connectivity index (χ0) is 12.5. The Morgan fingerprint density at radius 1 is 1.35 bits per heavy atom. The number of carbonyl (C=O) groups is 1. The summed E-state index contributed by atoms with van der Waals surface area (Å²) in [6.07, 6.45) is 9.62. The molecule has 96 valence electrons. The molecule has 0 aliphatic carbocycles. The van der Waals surface area contributed by atoms with Crippen LogP contribution >= 0.6 is 0 Å². The Morgan fingerprint density at radius 3 is 2.76 bits per heavy atom. The van der Waals surface area contributed by atoms with Crippen molar-refractivity contribution in [3.63, 3.8) is 0 Å². The minimum absolute atomic E-state index is 0.0316. The minimum Gasteiger partial charge on any atom is -0.457 e. The maximum Gasteiger partial charge on any atom is 0.374 e. The van der Waals surface area contributed by atoms with E-state index in [2.05, 4.69) is 23.8 Å². The van der Waals surface area contributed by atoms with E-state index in [-0.39, 0.29) is 12.1 Å². The quantitative estimate of drug-likeness (QED) is 0.558. The van der Waals surface area contributed by atoms with Gasteiger partial charge in [-0.3, -0.25) is 0 Å². The van der Waals surface area contributed by atoms with E-state index in [0.717, 1.165) is 25.7 Å². The number of ether oxygens (including phenoxy) is 1. The zero-order valence-corrected chi connectivity index (χ0v) is 10.7. The molecule has 1 unspecified atom stereocenters. The van der Waals surface area contributed by atoms with Crippen molar-refractivity contribution in [1.29, 1.82) is 0 Å². The first kappa shape index (κ1) is 13.7. The van der Waals surface area contributed by atoms with Gasteiger partial charge in [-0.05, 0) is 19.3 Å². The van der Waals surface area contributed by atoms with E-state index in [1.807, 2.05) is 0 Å². The van der Waals surface area contributed by atoms with Crippen LogP contribution in [0, 0.1) is 0 Å². The molecule has 1 rings (SSSR count). The van der Waals surface area contributed by atoms with Crippen molar-refractivity contribution in [1.82, 2.24) is 9.97 Å². The number of imidazole rings is 1. The number of aromatic amines is 1. The molecular weight excluding hydrogens is 216 g/mol. The van der Waals surface area contributed by atoms with Gasteiger partial charge in [0.2, 0.25) is 5.82 Å². The second-order valence-electron chi connectivity index (χ2n) is 4.25. The summed E-state index contributed by atoms with van der Waals surface area (Å²) in [5.41, 5.74) is 0. The first-order valence-electron chi connectivity index (χ1n) is 6.48. The van der Waals surface area contributed by atoms with Gasteiger partial charge in [0, 0.05) is 12.4 Å². The Bertz CT molecular complexity index is 309. The number of rotatable bonds is 8. The van der Waals surface area contributed by atoms with Crippen molar-refractivity contribution in [2.24, 2.45) is 0 Å². The summed E-state index contributed by atoms with van der Waals surface area (Å²) in [6, 6.07) is 0. The summed E-state index contributed by atoms with van der Waals surface area (Å²) in [6.45, 7) is 4.28. The Hall–Kier alpha value is -1.32. The monoisotopic (exact) mass is 238 g/mol. The third-order valence-electron chi connectivity index (χ3n) is 2.71. The highest BCUT2D eigenvalue weighted by Gasteiger charge is 2.16. The van der Waals surface area contributed by atoms with Gasteiger partial charge < -0.3 is 9.72 Å². The molecule has 0 amide bonds. The highest BCUT2D eigenvalue weighted by molar-refractivity contribution is 5.85. The molecule has 0 aliphatic rings. The number of carbonyl (C=O) groups excluding carboxylic acids is 1. The molecule has 0 aliphatic heterocycles. The van der Waals surface area contributed by atoms with Crippen LogP contribution < -0.4 is 0 Å². The average molecular weight is 238 g/mol. The predicted octanol–water partition coefficient (Wildman–Crippen LogP) is 3.32. The first-order valence-corrected chi connectivity index (χ1v) is 6.48. The maximum absolute atomic E-state index is 11.7. The number of hydrogen-bond donors (Lipinski definition) is 1. The molecule has 0 spiro atoms. The number of esters is 1. The fourth-order valence-electron chi connectivity index (χ4n) is 1.79.